The molecule has 0 aliphatic carbocycles. The molecule has 0 heterocycles. The number of carbonyl (C=O) groups excluding carboxylic acids is 2. The van der Waals surface area contributed by atoms with E-state index in [1.54, 1.807) is 20.2 Å². The molecule has 0 spiro atoms. The van der Waals surface area contributed by atoms with E-state index in [-0.39, 0.29) is 24.8 Å². The summed E-state index contributed by atoms with van der Waals surface area (Å²) in [6.07, 6.45) is 0.272. The molecule has 0 fully saturated rings. The van der Waals surface area contributed by atoms with Crippen LogP contribution in [-0.4, -0.2) is 43.9 Å². The summed E-state index contributed by atoms with van der Waals surface area (Å²) < 4.78 is 0. The first-order chi connectivity index (χ1) is 9.99. The highest BCUT2D eigenvalue weighted by molar-refractivity contribution is 5.97. The maximum Gasteiger partial charge on any atom is 0.254 e. The molecule has 0 aromatic heterocycles. The predicted octanol–water partition coefficient (Wildman–Crippen LogP) is 0.513. The van der Waals surface area contributed by atoms with Crippen LogP contribution < -0.4 is 11.1 Å². The van der Waals surface area contributed by atoms with E-state index in [9.17, 15) is 9.59 Å². The predicted molar refractivity (Wildman–Crippen MR) is 82.8 cm³/mol. The molecule has 0 aliphatic rings. The largest absolute Gasteiger partial charge is 0.359 e. The summed E-state index contributed by atoms with van der Waals surface area (Å²) in [5.74, 6) is 5.43. The van der Waals surface area contributed by atoms with E-state index in [4.69, 9.17) is 5.73 Å². The molecule has 0 unspecified atom stereocenters. The number of hydrogen-bond donors (Lipinski definition) is 2. The number of benzene rings is 1. The van der Waals surface area contributed by atoms with Crippen LogP contribution in [0.1, 0.15) is 27.9 Å². The van der Waals surface area contributed by atoms with E-state index in [2.05, 4.69) is 17.2 Å². The Bertz CT molecular complexity index is 585. The third kappa shape index (κ3) is 4.93. The zero-order valence-electron chi connectivity index (χ0n) is 12.7. The van der Waals surface area contributed by atoms with Crippen LogP contribution in [0.4, 0.5) is 0 Å². The zero-order chi connectivity index (χ0) is 15.8. The lowest BCUT2D eigenvalue weighted by atomic mass is 10.0. The Hall–Kier alpha value is -2.32. The minimum absolute atomic E-state index is 0.0953. The summed E-state index contributed by atoms with van der Waals surface area (Å²) in [6.45, 7) is 2.52. The van der Waals surface area contributed by atoms with Crippen LogP contribution in [0.25, 0.3) is 0 Å². The maximum atomic E-state index is 12.5. The van der Waals surface area contributed by atoms with Crippen LogP contribution in [-0.2, 0) is 4.79 Å². The molecule has 3 N–H and O–H groups in total. The first-order valence-electron chi connectivity index (χ1n) is 6.75. The molecule has 0 saturated carbocycles. The van der Waals surface area contributed by atoms with E-state index in [1.165, 1.54) is 4.90 Å². The lowest BCUT2D eigenvalue weighted by Crippen LogP contribution is -2.31. The van der Waals surface area contributed by atoms with Gasteiger partial charge < -0.3 is 16.0 Å². The summed E-state index contributed by atoms with van der Waals surface area (Å²) in [5.41, 5.74) is 7.55. The second kappa shape index (κ2) is 8.08. The summed E-state index contributed by atoms with van der Waals surface area (Å²) in [7, 11) is 3.25. The number of carbonyl (C=O) groups is 2. The Labute approximate surface area is 125 Å². The van der Waals surface area contributed by atoms with Gasteiger partial charge in [0.15, 0.2) is 0 Å². The Morgan fingerprint density at radius 1 is 1.38 bits per heavy atom. The number of aryl methyl sites for hydroxylation is 1. The van der Waals surface area contributed by atoms with Crippen molar-refractivity contribution in [3.05, 3.63) is 34.9 Å². The van der Waals surface area contributed by atoms with Gasteiger partial charge in [0.1, 0.15) is 0 Å². The monoisotopic (exact) mass is 287 g/mol. The molecule has 0 aliphatic heterocycles. The second-order valence-electron chi connectivity index (χ2n) is 4.70. The normalized spacial score (nSPS) is 9.52. The lowest BCUT2D eigenvalue weighted by Gasteiger charge is -2.18. The fourth-order valence-electron chi connectivity index (χ4n) is 1.79. The molecular formula is C16H21N3O2. The van der Waals surface area contributed by atoms with Crippen molar-refractivity contribution in [2.45, 2.75) is 13.3 Å². The molecule has 2 amide bonds. The summed E-state index contributed by atoms with van der Waals surface area (Å²) in [5, 5.41) is 2.53. The Morgan fingerprint density at radius 2 is 2.10 bits per heavy atom. The fraction of sp³-hybridized carbons (Fsp3) is 0.375. The molecule has 5 heteroatoms. The van der Waals surface area contributed by atoms with Gasteiger partial charge in [-0.1, -0.05) is 23.5 Å². The molecule has 0 radical (unpaired) electrons. The number of nitrogens with two attached hydrogens (primary N) is 1. The minimum atomic E-state index is -0.149. The third-order valence-electron chi connectivity index (χ3n) is 3.03. The quantitative estimate of drug-likeness (QED) is 0.792. The van der Waals surface area contributed by atoms with Crippen LogP contribution in [0.5, 0.6) is 0 Å². The zero-order valence-corrected chi connectivity index (χ0v) is 12.7. The molecule has 1 aromatic rings. The van der Waals surface area contributed by atoms with Gasteiger partial charge in [0, 0.05) is 32.6 Å². The maximum absolute atomic E-state index is 12.5. The van der Waals surface area contributed by atoms with Gasteiger partial charge in [-0.15, -0.1) is 0 Å². The van der Waals surface area contributed by atoms with Gasteiger partial charge in [-0.2, -0.15) is 0 Å². The first-order valence-corrected chi connectivity index (χ1v) is 6.75. The molecular weight excluding hydrogens is 266 g/mol. The number of hydrogen-bond acceptors (Lipinski definition) is 3. The molecule has 1 rings (SSSR count). The van der Waals surface area contributed by atoms with Crippen molar-refractivity contribution in [1.82, 2.24) is 10.2 Å². The van der Waals surface area contributed by atoms with Crippen molar-refractivity contribution in [3.63, 3.8) is 0 Å². The molecule has 0 saturated heterocycles. The van der Waals surface area contributed by atoms with Gasteiger partial charge in [-0.05, 0) is 19.1 Å². The van der Waals surface area contributed by atoms with Crippen LogP contribution in [0.3, 0.4) is 0 Å². The Morgan fingerprint density at radius 3 is 2.71 bits per heavy atom. The van der Waals surface area contributed by atoms with Crippen molar-refractivity contribution in [1.29, 1.82) is 0 Å². The molecule has 112 valence electrons. The summed E-state index contributed by atoms with van der Waals surface area (Å²) in [6, 6.07) is 5.53. The lowest BCUT2D eigenvalue weighted by molar-refractivity contribution is -0.120. The molecule has 21 heavy (non-hydrogen) atoms. The highest BCUT2D eigenvalue weighted by Gasteiger charge is 2.16. The second-order valence-corrected chi connectivity index (χ2v) is 4.70. The van der Waals surface area contributed by atoms with E-state index >= 15 is 0 Å². The van der Waals surface area contributed by atoms with Crippen molar-refractivity contribution in [3.8, 4) is 11.8 Å². The minimum Gasteiger partial charge on any atom is -0.359 e. The van der Waals surface area contributed by atoms with Gasteiger partial charge in [0.25, 0.3) is 5.91 Å². The topological polar surface area (TPSA) is 75.4 Å². The smallest absolute Gasteiger partial charge is 0.254 e. The van der Waals surface area contributed by atoms with Crippen molar-refractivity contribution < 1.29 is 9.59 Å². The first kappa shape index (κ1) is 16.7. The van der Waals surface area contributed by atoms with Gasteiger partial charge in [-0.25, -0.2) is 0 Å². The summed E-state index contributed by atoms with van der Waals surface area (Å²) >= 11 is 0. The van der Waals surface area contributed by atoms with Gasteiger partial charge in [-0.3, -0.25) is 9.59 Å². The Kier molecular flexibility index (Phi) is 6.44. The SMILES string of the molecule is CNC(=O)CCN(C)C(=O)c1cc(C)ccc1C#CCN. The number of amides is 2. The van der Waals surface area contributed by atoms with Gasteiger partial charge in [0.2, 0.25) is 5.91 Å². The van der Waals surface area contributed by atoms with E-state index in [0.29, 0.717) is 17.7 Å². The summed E-state index contributed by atoms with van der Waals surface area (Å²) in [4.78, 5) is 25.3. The number of rotatable bonds is 4. The van der Waals surface area contributed by atoms with E-state index < -0.39 is 0 Å². The van der Waals surface area contributed by atoms with Crippen LogP contribution in [0.15, 0.2) is 18.2 Å². The average molecular weight is 287 g/mol. The van der Waals surface area contributed by atoms with E-state index in [0.717, 1.165) is 5.56 Å². The third-order valence-corrected chi connectivity index (χ3v) is 3.03. The van der Waals surface area contributed by atoms with Crippen molar-refractivity contribution in [2.24, 2.45) is 5.73 Å². The Balaban J connectivity index is 2.94. The van der Waals surface area contributed by atoms with Crippen LogP contribution in [0, 0.1) is 18.8 Å². The number of nitrogens with one attached hydrogen (secondary N) is 1. The van der Waals surface area contributed by atoms with Crippen molar-refractivity contribution in [2.75, 3.05) is 27.2 Å². The molecule has 0 atom stereocenters. The standard InChI is InChI=1S/C16H21N3O2/c1-12-6-7-13(5-4-9-17)14(11-12)16(21)19(3)10-8-15(20)18-2/h6-7,11H,8-10,17H2,1-3H3,(H,18,20). The van der Waals surface area contributed by atoms with Gasteiger partial charge >= 0.3 is 0 Å². The van der Waals surface area contributed by atoms with Crippen LogP contribution in [0.2, 0.25) is 0 Å². The highest BCUT2D eigenvalue weighted by Crippen LogP contribution is 2.13. The fourth-order valence-corrected chi connectivity index (χ4v) is 1.79. The molecule has 0 bridgehead atoms. The van der Waals surface area contributed by atoms with E-state index in [1.807, 2.05) is 19.1 Å². The number of nitrogens with zero attached hydrogens (tertiary/aromatic N) is 1. The van der Waals surface area contributed by atoms with Crippen LogP contribution >= 0.6 is 0 Å². The molecule has 1 aromatic carbocycles. The molecule has 5 nitrogen and oxygen atoms in total. The highest BCUT2D eigenvalue weighted by atomic mass is 16.2. The van der Waals surface area contributed by atoms with Gasteiger partial charge in [0.05, 0.1) is 12.1 Å². The average Bonchev–Trinajstić information content (AvgIpc) is 2.50. The van der Waals surface area contributed by atoms with Crippen molar-refractivity contribution >= 4 is 11.8 Å².